The number of nitrogens with zero attached hydrogens (tertiary/aromatic N) is 2. The second-order valence-electron chi connectivity index (χ2n) is 5.86. The van der Waals surface area contributed by atoms with Crippen molar-refractivity contribution in [2.75, 3.05) is 11.6 Å². The highest BCUT2D eigenvalue weighted by molar-refractivity contribution is 7.98. The number of rotatable bonds is 6. The maximum atomic E-state index is 13.0. The number of thioether (sulfide) groups is 1. The van der Waals surface area contributed by atoms with Crippen LogP contribution in [0.3, 0.4) is 0 Å². The van der Waals surface area contributed by atoms with Crippen LogP contribution in [0, 0.1) is 5.82 Å². The Morgan fingerprint density at radius 2 is 1.93 bits per heavy atom. The predicted octanol–water partition coefficient (Wildman–Crippen LogP) is 3.21. The molecule has 0 atom stereocenters. The van der Waals surface area contributed by atoms with Crippen LogP contribution < -0.4 is 11.1 Å². The van der Waals surface area contributed by atoms with Crippen molar-refractivity contribution >= 4 is 29.1 Å². The number of amides is 1. The van der Waals surface area contributed by atoms with Crippen LogP contribution in [0.1, 0.15) is 17.3 Å². The maximum absolute atomic E-state index is 13.0. The van der Waals surface area contributed by atoms with E-state index in [1.165, 1.54) is 43.0 Å². The highest BCUT2D eigenvalue weighted by atomic mass is 32.2. The van der Waals surface area contributed by atoms with Gasteiger partial charge in [-0.2, -0.15) is 4.68 Å². The van der Waals surface area contributed by atoms with Gasteiger partial charge in [0.25, 0.3) is 0 Å². The Kier molecular flexibility index (Phi) is 5.74. The lowest BCUT2D eigenvalue weighted by molar-refractivity contribution is -0.114. The molecule has 3 aromatic rings. The van der Waals surface area contributed by atoms with Crippen LogP contribution in [0.5, 0.6) is 0 Å². The number of benzene rings is 2. The Hall–Kier alpha value is -3.20. The van der Waals surface area contributed by atoms with Gasteiger partial charge in [0, 0.05) is 22.9 Å². The fourth-order valence-corrected chi connectivity index (χ4v) is 3.05. The molecule has 0 fully saturated rings. The Bertz CT molecular complexity index is 1090. The van der Waals surface area contributed by atoms with Gasteiger partial charge in [-0.15, -0.1) is 16.9 Å². The minimum Gasteiger partial charge on any atom is -0.388 e. The number of aromatic nitrogens is 2. The van der Waals surface area contributed by atoms with E-state index in [4.69, 9.17) is 4.42 Å². The van der Waals surface area contributed by atoms with Gasteiger partial charge in [-0.25, -0.2) is 9.18 Å². The Morgan fingerprint density at radius 1 is 1.21 bits per heavy atom. The number of hydrogen-bond acceptors (Lipinski definition) is 6. The number of hydrogen-bond donors (Lipinski definition) is 1. The van der Waals surface area contributed by atoms with Crippen molar-refractivity contribution in [3.8, 4) is 11.5 Å². The molecule has 9 heteroatoms. The first kappa shape index (κ1) is 19.6. The van der Waals surface area contributed by atoms with Gasteiger partial charge in [-0.3, -0.25) is 9.59 Å². The van der Waals surface area contributed by atoms with Crippen LogP contribution >= 0.6 is 11.8 Å². The largest absolute Gasteiger partial charge is 0.437 e. The molecule has 0 spiro atoms. The summed E-state index contributed by atoms with van der Waals surface area (Å²) in [6, 6.07) is 10.2. The lowest BCUT2D eigenvalue weighted by Crippen LogP contribution is -2.21. The van der Waals surface area contributed by atoms with Gasteiger partial charge >= 0.3 is 5.76 Å². The van der Waals surface area contributed by atoms with E-state index >= 15 is 0 Å². The highest BCUT2D eigenvalue weighted by Crippen LogP contribution is 2.27. The van der Waals surface area contributed by atoms with E-state index in [1.54, 1.807) is 18.2 Å². The second-order valence-corrected chi connectivity index (χ2v) is 6.71. The predicted molar refractivity (Wildman–Crippen MR) is 103 cm³/mol. The zero-order chi connectivity index (χ0) is 20.3. The van der Waals surface area contributed by atoms with Gasteiger partial charge in [-0.05, 0) is 42.7 Å². The fraction of sp³-hybridized carbons (Fsp3) is 0.158. The Balaban J connectivity index is 1.84. The third-order valence-corrected chi connectivity index (χ3v) is 4.62. The molecule has 0 saturated carbocycles. The van der Waals surface area contributed by atoms with Gasteiger partial charge in [0.1, 0.15) is 12.4 Å². The summed E-state index contributed by atoms with van der Waals surface area (Å²) in [5, 5.41) is 6.68. The number of halogens is 1. The van der Waals surface area contributed by atoms with E-state index in [-0.39, 0.29) is 24.1 Å². The van der Waals surface area contributed by atoms with Crippen LogP contribution in [0.2, 0.25) is 0 Å². The number of carbonyl (C=O) groups excluding carboxylic acids is 2. The monoisotopic (exact) mass is 401 g/mol. The molecular formula is C19H16FN3O4S. The summed E-state index contributed by atoms with van der Waals surface area (Å²) < 4.78 is 19.0. The molecule has 1 amide bonds. The van der Waals surface area contributed by atoms with Crippen molar-refractivity contribution in [2.24, 2.45) is 0 Å². The molecule has 0 aliphatic rings. The maximum Gasteiger partial charge on any atom is 0.437 e. The molecule has 28 heavy (non-hydrogen) atoms. The number of nitrogens with one attached hydrogen (secondary N) is 1. The van der Waals surface area contributed by atoms with Crippen LogP contribution in [0.15, 0.2) is 56.6 Å². The average molecular weight is 401 g/mol. The molecule has 0 unspecified atom stereocenters. The molecule has 0 aliphatic carbocycles. The van der Waals surface area contributed by atoms with Gasteiger partial charge in [-0.1, -0.05) is 6.07 Å². The third kappa shape index (κ3) is 4.37. The summed E-state index contributed by atoms with van der Waals surface area (Å²) in [4.78, 5) is 36.8. The third-order valence-electron chi connectivity index (χ3n) is 3.82. The standard InChI is InChI=1S/C19H16FN3O4S/c1-11(24)21-15-9-13(5-8-17(15)28-2)16(25)10-23-19(26)27-18(22-23)12-3-6-14(20)7-4-12/h3-9H,10H2,1-2H3,(H,21,24). The minimum atomic E-state index is -0.796. The average Bonchev–Trinajstić information content (AvgIpc) is 3.02. The molecule has 0 saturated heterocycles. The smallest absolute Gasteiger partial charge is 0.388 e. The summed E-state index contributed by atoms with van der Waals surface area (Å²) >= 11 is 1.43. The van der Waals surface area contributed by atoms with E-state index in [2.05, 4.69) is 10.4 Å². The van der Waals surface area contributed by atoms with Crippen molar-refractivity contribution in [1.82, 2.24) is 9.78 Å². The molecule has 1 aromatic heterocycles. The van der Waals surface area contributed by atoms with Gasteiger partial charge in [0.15, 0.2) is 5.78 Å². The molecule has 1 heterocycles. The van der Waals surface area contributed by atoms with Gasteiger partial charge in [0.05, 0.1) is 5.69 Å². The molecule has 0 aliphatic heterocycles. The van der Waals surface area contributed by atoms with Crippen LogP contribution in [-0.4, -0.2) is 27.7 Å². The number of ketones is 1. The summed E-state index contributed by atoms with van der Waals surface area (Å²) in [5.74, 6) is -1.86. The second kappa shape index (κ2) is 8.22. The number of anilines is 1. The Labute approximate surface area is 163 Å². The molecule has 3 rings (SSSR count). The first-order chi connectivity index (χ1) is 13.4. The summed E-state index contributed by atoms with van der Waals surface area (Å²) in [6.07, 6.45) is 1.86. The van der Waals surface area contributed by atoms with Crippen molar-refractivity contribution in [3.05, 3.63) is 64.4 Å². The Morgan fingerprint density at radius 3 is 2.57 bits per heavy atom. The number of carbonyl (C=O) groups is 2. The zero-order valence-electron chi connectivity index (χ0n) is 15.1. The number of Topliss-reactive ketones (excluding diaryl/α,β-unsaturated/α-hetero) is 1. The first-order valence-corrected chi connectivity index (χ1v) is 9.42. The van der Waals surface area contributed by atoms with Gasteiger partial charge < -0.3 is 9.73 Å². The first-order valence-electron chi connectivity index (χ1n) is 8.20. The van der Waals surface area contributed by atoms with Crippen molar-refractivity contribution in [3.63, 3.8) is 0 Å². The molecule has 1 N–H and O–H groups in total. The van der Waals surface area contributed by atoms with Crippen LogP contribution in [-0.2, 0) is 11.3 Å². The lowest BCUT2D eigenvalue weighted by atomic mass is 10.1. The minimum absolute atomic E-state index is 0.00512. The lowest BCUT2D eigenvalue weighted by Gasteiger charge is -2.10. The van der Waals surface area contributed by atoms with Crippen LogP contribution in [0.25, 0.3) is 11.5 Å². The molecule has 0 bridgehead atoms. The SMILES string of the molecule is CSc1ccc(C(=O)Cn2nc(-c3ccc(F)cc3)oc2=O)cc1NC(C)=O. The van der Waals surface area contributed by atoms with Crippen LogP contribution in [0.4, 0.5) is 10.1 Å². The molecule has 7 nitrogen and oxygen atoms in total. The van der Waals surface area contributed by atoms with E-state index < -0.39 is 11.6 Å². The van der Waals surface area contributed by atoms with Crippen molar-refractivity contribution in [1.29, 1.82) is 0 Å². The van der Waals surface area contributed by atoms with Crippen molar-refractivity contribution in [2.45, 2.75) is 18.4 Å². The van der Waals surface area contributed by atoms with E-state index in [0.29, 0.717) is 16.8 Å². The fourth-order valence-electron chi connectivity index (χ4n) is 2.51. The molecule has 144 valence electrons. The summed E-state index contributed by atoms with van der Waals surface area (Å²) in [7, 11) is 0. The summed E-state index contributed by atoms with van der Waals surface area (Å²) in [5.41, 5.74) is 1.26. The summed E-state index contributed by atoms with van der Waals surface area (Å²) in [6.45, 7) is 1.05. The van der Waals surface area contributed by atoms with E-state index in [1.807, 2.05) is 6.26 Å². The van der Waals surface area contributed by atoms with Gasteiger partial charge in [0.2, 0.25) is 11.8 Å². The zero-order valence-corrected chi connectivity index (χ0v) is 15.9. The molecule has 2 aromatic carbocycles. The quantitative estimate of drug-likeness (QED) is 0.504. The van der Waals surface area contributed by atoms with E-state index in [9.17, 15) is 18.8 Å². The van der Waals surface area contributed by atoms with Crippen molar-refractivity contribution < 1.29 is 18.4 Å². The highest BCUT2D eigenvalue weighted by Gasteiger charge is 2.16. The topological polar surface area (TPSA) is 94.2 Å². The van der Waals surface area contributed by atoms with E-state index in [0.717, 1.165) is 9.58 Å². The molecular weight excluding hydrogens is 385 g/mol. The molecule has 0 radical (unpaired) electrons. The normalized spacial score (nSPS) is 10.7.